The van der Waals surface area contributed by atoms with Crippen LogP contribution in [-0.4, -0.2) is 59.4 Å². The summed E-state index contributed by atoms with van der Waals surface area (Å²) in [6, 6.07) is 11.2. The maximum absolute atomic E-state index is 12.3. The van der Waals surface area contributed by atoms with E-state index in [0.29, 0.717) is 38.4 Å². The lowest BCUT2D eigenvalue weighted by molar-refractivity contribution is -0.117. The highest BCUT2D eigenvalue weighted by atomic mass is 16.2. The van der Waals surface area contributed by atoms with E-state index in [4.69, 9.17) is 0 Å². The number of benzene rings is 1. The normalized spacial score (nSPS) is 14.7. The highest BCUT2D eigenvalue weighted by Crippen LogP contribution is 2.10. The molecular formula is C19H23N5O2. The number of pyridine rings is 1. The number of amides is 3. The summed E-state index contributed by atoms with van der Waals surface area (Å²) in [6.07, 6.45) is 3.28. The zero-order valence-electron chi connectivity index (χ0n) is 14.8. The first kappa shape index (κ1) is 17.9. The number of hydrogen-bond donors (Lipinski definition) is 2. The lowest BCUT2D eigenvalue weighted by Gasteiger charge is -2.34. The summed E-state index contributed by atoms with van der Waals surface area (Å²) >= 11 is 0. The molecule has 26 heavy (non-hydrogen) atoms. The van der Waals surface area contributed by atoms with Crippen LogP contribution in [0.1, 0.15) is 5.56 Å². The molecule has 0 aliphatic carbocycles. The zero-order chi connectivity index (χ0) is 18.4. The molecule has 2 N–H and O–H groups in total. The molecule has 0 unspecified atom stereocenters. The molecule has 1 saturated heterocycles. The van der Waals surface area contributed by atoms with Crippen molar-refractivity contribution >= 4 is 23.3 Å². The third kappa shape index (κ3) is 5.03. The van der Waals surface area contributed by atoms with Gasteiger partial charge >= 0.3 is 6.03 Å². The second-order valence-electron chi connectivity index (χ2n) is 6.35. The van der Waals surface area contributed by atoms with E-state index in [1.54, 1.807) is 29.4 Å². The molecule has 7 nitrogen and oxygen atoms in total. The fourth-order valence-electron chi connectivity index (χ4n) is 2.79. The summed E-state index contributed by atoms with van der Waals surface area (Å²) < 4.78 is 0. The molecule has 1 aromatic heterocycles. The summed E-state index contributed by atoms with van der Waals surface area (Å²) in [5.74, 6) is -0.0397. The Morgan fingerprint density at radius 1 is 1.00 bits per heavy atom. The molecule has 3 amide bonds. The standard InChI is InChI=1S/C19H23N5O2/c1-15-4-6-16(7-5-15)21-18(25)14-23-9-11-24(12-10-23)19(26)22-17-3-2-8-20-13-17/h2-8,13H,9-12,14H2,1H3,(H,21,25)(H,22,26). The molecule has 7 heteroatoms. The van der Waals surface area contributed by atoms with Crippen molar-refractivity contribution in [1.29, 1.82) is 0 Å². The molecule has 0 bridgehead atoms. The van der Waals surface area contributed by atoms with E-state index in [1.807, 2.05) is 31.2 Å². The van der Waals surface area contributed by atoms with Crippen LogP contribution in [0.5, 0.6) is 0 Å². The number of hydrogen-bond acceptors (Lipinski definition) is 4. The predicted octanol–water partition coefficient (Wildman–Crippen LogP) is 2.18. The second-order valence-corrected chi connectivity index (χ2v) is 6.35. The summed E-state index contributed by atoms with van der Waals surface area (Å²) in [4.78, 5) is 32.2. The van der Waals surface area contributed by atoms with Gasteiger partial charge in [0, 0.05) is 38.1 Å². The number of anilines is 2. The Kier molecular flexibility index (Phi) is 5.80. The number of carbonyl (C=O) groups is 2. The van der Waals surface area contributed by atoms with Gasteiger partial charge in [-0.1, -0.05) is 17.7 Å². The molecule has 1 aliphatic rings. The first-order valence-corrected chi connectivity index (χ1v) is 8.65. The lowest BCUT2D eigenvalue weighted by atomic mass is 10.2. The lowest BCUT2D eigenvalue weighted by Crippen LogP contribution is -2.51. The minimum absolute atomic E-state index is 0.0397. The first-order chi connectivity index (χ1) is 12.6. The average Bonchev–Trinajstić information content (AvgIpc) is 2.65. The molecule has 3 rings (SSSR count). The summed E-state index contributed by atoms with van der Waals surface area (Å²) in [5.41, 5.74) is 2.64. The molecule has 0 radical (unpaired) electrons. The molecule has 2 heterocycles. The quantitative estimate of drug-likeness (QED) is 0.883. The summed E-state index contributed by atoms with van der Waals surface area (Å²) in [7, 11) is 0. The molecule has 2 aromatic rings. The van der Waals surface area contributed by atoms with Gasteiger partial charge in [-0.05, 0) is 31.2 Å². The van der Waals surface area contributed by atoms with E-state index >= 15 is 0 Å². The van der Waals surface area contributed by atoms with Crippen molar-refractivity contribution in [3.8, 4) is 0 Å². The monoisotopic (exact) mass is 353 g/mol. The van der Waals surface area contributed by atoms with Gasteiger partial charge in [0.15, 0.2) is 0 Å². The van der Waals surface area contributed by atoms with Crippen LogP contribution in [-0.2, 0) is 4.79 Å². The Morgan fingerprint density at radius 3 is 2.38 bits per heavy atom. The number of piperazine rings is 1. The SMILES string of the molecule is Cc1ccc(NC(=O)CN2CCN(C(=O)Nc3cccnc3)CC2)cc1. The number of rotatable bonds is 4. The van der Waals surface area contributed by atoms with Gasteiger partial charge in [0.2, 0.25) is 5.91 Å². The van der Waals surface area contributed by atoms with Gasteiger partial charge < -0.3 is 15.5 Å². The molecule has 136 valence electrons. The second kappa shape index (κ2) is 8.44. The van der Waals surface area contributed by atoms with Crippen LogP contribution < -0.4 is 10.6 Å². The Morgan fingerprint density at radius 2 is 1.73 bits per heavy atom. The number of carbonyl (C=O) groups excluding carboxylic acids is 2. The number of urea groups is 1. The van der Waals surface area contributed by atoms with E-state index in [0.717, 1.165) is 11.3 Å². The van der Waals surface area contributed by atoms with Crippen molar-refractivity contribution in [2.45, 2.75) is 6.92 Å². The van der Waals surface area contributed by atoms with Gasteiger partial charge in [0.1, 0.15) is 0 Å². The molecule has 0 spiro atoms. The van der Waals surface area contributed by atoms with Crippen LogP contribution in [0.2, 0.25) is 0 Å². The third-order valence-corrected chi connectivity index (χ3v) is 4.27. The van der Waals surface area contributed by atoms with Gasteiger partial charge in [-0.2, -0.15) is 0 Å². The van der Waals surface area contributed by atoms with Crippen molar-refractivity contribution in [3.05, 3.63) is 54.4 Å². The minimum atomic E-state index is -0.137. The van der Waals surface area contributed by atoms with Gasteiger partial charge in [-0.15, -0.1) is 0 Å². The van der Waals surface area contributed by atoms with Gasteiger partial charge in [-0.3, -0.25) is 14.7 Å². The number of aryl methyl sites for hydroxylation is 1. The maximum atomic E-state index is 12.3. The van der Waals surface area contributed by atoms with Crippen molar-refractivity contribution in [2.24, 2.45) is 0 Å². The molecule has 1 fully saturated rings. The molecule has 1 aliphatic heterocycles. The highest BCUT2D eigenvalue weighted by molar-refractivity contribution is 5.92. The topological polar surface area (TPSA) is 77.6 Å². The first-order valence-electron chi connectivity index (χ1n) is 8.65. The maximum Gasteiger partial charge on any atom is 0.321 e. The smallest absolute Gasteiger partial charge is 0.321 e. The zero-order valence-corrected chi connectivity index (χ0v) is 14.8. The third-order valence-electron chi connectivity index (χ3n) is 4.27. The Balaban J connectivity index is 1.42. The van der Waals surface area contributed by atoms with Gasteiger partial charge in [-0.25, -0.2) is 4.79 Å². The van der Waals surface area contributed by atoms with E-state index in [2.05, 4.69) is 20.5 Å². The minimum Gasteiger partial charge on any atom is -0.325 e. The molecule has 0 atom stereocenters. The van der Waals surface area contributed by atoms with Crippen LogP contribution in [0.3, 0.4) is 0 Å². The average molecular weight is 353 g/mol. The molecular weight excluding hydrogens is 330 g/mol. The number of nitrogens with one attached hydrogen (secondary N) is 2. The van der Waals surface area contributed by atoms with Crippen LogP contribution in [0, 0.1) is 6.92 Å². The van der Waals surface area contributed by atoms with Crippen molar-refractivity contribution in [1.82, 2.24) is 14.8 Å². The Hall–Kier alpha value is -2.93. The Bertz CT molecular complexity index is 740. The molecule has 0 saturated carbocycles. The fraction of sp³-hybridized carbons (Fsp3) is 0.316. The Labute approximate surface area is 153 Å². The number of nitrogens with zero attached hydrogens (tertiary/aromatic N) is 3. The predicted molar refractivity (Wildman–Crippen MR) is 101 cm³/mol. The largest absolute Gasteiger partial charge is 0.325 e. The van der Waals surface area contributed by atoms with E-state index in [-0.39, 0.29) is 11.9 Å². The van der Waals surface area contributed by atoms with E-state index in [1.165, 1.54) is 0 Å². The van der Waals surface area contributed by atoms with Crippen LogP contribution in [0.4, 0.5) is 16.2 Å². The van der Waals surface area contributed by atoms with Crippen molar-refractivity contribution in [3.63, 3.8) is 0 Å². The number of aromatic nitrogens is 1. The van der Waals surface area contributed by atoms with Crippen molar-refractivity contribution in [2.75, 3.05) is 43.4 Å². The van der Waals surface area contributed by atoms with Crippen LogP contribution >= 0.6 is 0 Å². The summed E-state index contributed by atoms with van der Waals surface area (Å²) in [5, 5.41) is 5.73. The summed E-state index contributed by atoms with van der Waals surface area (Å²) in [6.45, 7) is 4.85. The highest BCUT2D eigenvalue weighted by Gasteiger charge is 2.22. The molecule has 1 aromatic carbocycles. The van der Waals surface area contributed by atoms with Gasteiger partial charge in [0.05, 0.1) is 18.4 Å². The van der Waals surface area contributed by atoms with E-state index in [9.17, 15) is 9.59 Å². The van der Waals surface area contributed by atoms with E-state index < -0.39 is 0 Å². The van der Waals surface area contributed by atoms with Crippen LogP contribution in [0.15, 0.2) is 48.8 Å². The van der Waals surface area contributed by atoms with Crippen LogP contribution in [0.25, 0.3) is 0 Å². The fourth-order valence-corrected chi connectivity index (χ4v) is 2.79. The van der Waals surface area contributed by atoms with Crippen molar-refractivity contribution < 1.29 is 9.59 Å². The van der Waals surface area contributed by atoms with Gasteiger partial charge in [0.25, 0.3) is 0 Å².